The number of benzene rings is 2. The molecule has 104 valence electrons. The molecule has 0 saturated heterocycles. The Morgan fingerprint density at radius 3 is 2.52 bits per heavy atom. The lowest BCUT2D eigenvalue weighted by Crippen LogP contribution is -2.35. The van der Waals surface area contributed by atoms with E-state index in [0.29, 0.717) is 6.04 Å². The third kappa shape index (κ3) is 2.26. The maximum absolute atomic E-state index is 2.53. The molecule has 1 aromatic heterocycles. The lowest BCUT2D eigenvalue weighted by molar-refractivity contribution is 0.654. The van der Waals surface area contributed by atoms with Gasteiger partial charge in [0.2, 0.25) is 0 Å². The van der Waals surface area contributed by atoms with Crippen molar-refractivity contribution in [3.63, 3.8) is 0 Å². The van der Waals surface area contributed by atoms with Gasteiger partial charge in [0.05, 0.1) is 6.04 Å². The smallest absolute Gasteiger partial charge is 0.0806 e. The van der Waals surface area contributed by atoms with Gasteiger partial charge in [0, 0.05) is 12.2 Å². The van der Waals surface area contributed by atoms with E-state index in [4.69, 9.17) is 0 Å². The maximum atomic E-state index is 2.53. The minimum absolute atomic E-state index is 0.337. The third-order valence-electron chi connectivity index (χ3n) is 4.23. The Kier molecular flexibility index (Phi) is 3.24. The molecule has 2 aromatic carbocycles. The largest absolute Gasteiger partial charge is 0.360 e. The summed E-state index contributed by atoms with van der Waals surface area (Å²) in [5, 5.41) is 4.46. The van der Waals surface area contributed by atoms with E-state index in [-0.39, 0.29) is 0 Å². The Morgan fingerprint density at radius 2 is 1.71 bits per heavy atom. The number of hydrogen-bond acceptors (Lipinski definition) is 2. The topological polar surface area (TPSA) is 3.24 Å². The van der Waals surface area contributed by atoms with Crippen LogP contribution in [0.25, 0.3) is 0 Å². The highest BCUT2D eigenvalue weighted by Gasteiger charge is 2.28. The van der Waals surface area contributed by atoms with Gasteiger partial charge in [0.1, 0.15) is 0 Å². The van der Waals surface area contributed by atoms with Gasteiger partial charge in [-0.15, -0.1) is 0 Å². The second kappa shape index (κ2) is 5.38. The normalized spacial score (nSPS) is 17.5. The van der Waals surface area contributed by atoms with Crippen molar-refractivity contribution in [2.24, 2.45) is 0 Å². The van der Waals surface area contributed by atoms with Crippen LogP contribution in [-0.2, 0) is 6.42 Å². The van der Waals surface area contributed by atoms with Gasteiger partial charge in [0.25, 0.3) is 0 Å². The zero-order chi connectivity index (χ0) is 14.1. The summed E-state index contributed by atoms with van der Waals surface area (Å²) in [5.41, 5.74) is 5.64. The van der Waals surface area contributed by atoms with Crippen molar-refractivity contribution in [2.45, 2.75) is 12.5 Å². The first-order valence-electron chi connectivity index (χ1n) is 7.35. The lowest BCUT2D eigenvalue weighted by atomic mass is 9.89. The number of thiophene rings is 1. The summed E-state index contributed by atoms with van der Waals surface area (Å²) in [6.07, 6.45) is 1.12. The molecule has 0 amide bonds. The Labute approximate surface area is 129 Å². The molecule has 2 heteroatoms. The van der Waals surface area contributed by atoms with E-state index in [0.717, 1.165) is 13.0 Å². The Balaban J connectivity index is 1.85. The standard InChI is InChI=1S/C19H17NS/c1-2-7-17(8-3-1)20-12-10-15-6-4-5-9-18(15)19(20)16-11-13-21-14-16/h1-9,11,13-14,19H,10,12H2. The minimum atomic E-state index is 0.337. The second-order valence-electron chi connectivity index (χ2n) is 5.44. The SMILES string of the molecule is c1ccc(N2CCc3ccccc3C2c2ccsc2)cc1. The fraction of sp³-hybridized carbons (Fsp3) is 0.158. The molecule has 0 fully saturated rings. The predicted molar refractivity (Wildman–Crippen MR) is 90.1 cm³/mol. The molecule has 0 saturated carbocycles. The zero-order valence-electron chi connectivity index (χ0n) is 11.8. The van der Waals surface area contributed by atoms with Gasteiger partial charge in [0.15, 0.2) is 0 Å². The molecule has 0 bridgehead atoms. The van der Waals surface area contributed by atoms with Crippen molar-refractivity contribution in [1.82, 2.24) is 0 Å². The van der Waals surface area contributed by atoms with Gasteiger partial charge in [-0.3, -0.25) is 0 Å². The Bertz CT molecular complexity index is 718. The average Bonchev–Trinajstić information content (AvgIpc) is 3.08. The quantitative estimate of drug-likeness (QED) is 0.649. The van der Waals surface area contributed by atoms with Crippen molar-refractivity contribution in [3.8, 4) is 0 Å². The number of fused-ring (bicyclic) bond motifs is 1. The van der Waals surface area contributed by atoms with E-state index in [1.807, 2.05) is 0 Å². The molecule has 2 heterocycles. The summed E-state index contributed by atoms with van der Waals surface area (Å²) >= 11 is 1.78. The van der Waals surface area contributed by atoms with Gasteiger partial charge in [-0.25, -0.2) is 0 Å². The van der Waals surface area contributed by atoms with Crippen molar-refractivity contribution in [3.05, 3.63) is 88.1 Å². The van der Waals surface area contributed by atoms with Crippen LogP contribution in [0.15, 0.2) is 71.4 Å². The van der Waals surface area contributed by atoms with Crippen molar-refractivity contribution < 1.29 is 0 Å². The molecule has 1 aliphatic rings. The Morgan fingerprint density at radius 1 is 0.905 bits per heavy atom. The number of para-hydroxylation sites is 1. The molecule has 1 unspecified atom stereocenters. The highest BCUT2D eigenvalue weighted by Crippen LogP contribution is 2.38. The van der Waals surface area contributed by atoms with Gasteiger partial charge in [-0.1, -0.05) is 42.5 Å². The predicted octanol–water partition coefficient (Wildman–Crippen LogP) is 4.90. The maximum Gasteiger partial charge on any atom is 0.0806 e. The monoisotopic (exact) mass is 291 g/mol. The number of anilines is 1. The molecule has 0 aliphatic carbocycles. The third-order valence-corrected chi connectivity index (χ3v) is 4.93. The van der Waals surface area contributed by atoms with E-state index in [9.17, 15) is 0 Å². The van der Waals surface area contributed by atoms with Crippen molar-refractivity contribution in [2.75, 3.05) is 11.4 Å². The minimum Gasteiger partial charge on any atom is -0.360 e. The summed E-state index contributed by atoms with van der Waals surface area (Å²) < 4.78 is 0. The van der Waals surface area contributed by atoms with Crippen LogP contribution < -0.4 is 4.90 Å². The van der Waals surface area contributed by atoms with Crippen LogP contribution in [-0.4, -0.2) is 6.54 Å². The first-order chi connectivity index (χ1) is 10.4. The van der Waals surface area contributed by atoms with Gasteiger partial charge in [-0.2, -0.15) is 11.3 Å². The summed E-state index contributed by atoms with van der Waals surface area (Å²) in [4.78, 5) is 2.53. The number of hydrogen-bond donors (Lipinski definition) is 0. The molecule has 1 atom stereocenters. The van der Waals surface area contributed by atoms with Gasteiger partial charge < -0.3 is 4.90 Å². The zero-order valence-corrected chi connectivity index (χ0v) is 12.6. The van der Waals surface area contributed by atoms with Crippen LogP contribution in [0.1, 0.15) is 22.7 Å². The van der Waals surface area contributed by atoms with Crippen LogP contribution in [0.4, 0.5) is 5.69 Å². The number of rotatable bonds is 2. The van der Waals surface area contributed by atoms with Gasteiger partial charge >= 0.3 is 0 Å². The van der Waals surface area contributed by atoms with Crippen LogP contribution in [0, 0.1) is 0 Å². The first kappa shape index (κ1) is 12.7. The average molecular weight is 291 g/mol. The molecule has 0 N–H and O–H groups in total. The van der Waals surface area contributed by atoms with Crippen molar-refractivity contribution >= 4 is 17.0 Å². The van der Waals surface area contributed by atoms with E-state index < -0.39 is 0 Å². The summed E-state index contributed by atoms with van der Waals surface area (Å²) in [7, 11) is 0. The van der Waals surface area contributed by atoms with Crippen LogP contribution in [0.3, 0.4) is 0 Å². The van der Waals surface area contributed by atoms with E-state index in [2.05, 4.69) is 76.3 Å². The van der Waals surface area contributed by atoms with Crippen molar-refractivity contribution in [1.29, 1.82) is 0 Å². The Hall–Kier alpha value is -2.06. The summed E-state index contributed by atoms with van der Waals surface area (Å²) in [6, 6.07) is 22.2. The molecule has 1 aliphatic heterocycles. The van der Waals surface area contributed by atoms with E-state index >= 15 is 0 Å². The molecular formula is C19H17NS. The number of nitrogens with zero attached hydrogens (tertiary/aromatic N) is 1. The lowest BCUT2D eigenvalue weighted by Gasteiger charge is -2.39. The molecule has 0 radical (unpaired) electrons. The van der Waals surface area contributed by atoms with Crippen LogP contribution in [0.5, 0.6) is 0 Å². The first-order valence-corrected chi connectivity index (χ1v) is 8.29. The fourth-order valence-electron chi connectivity index (χ4n) is 3.25. The van der Waals surface area contributed by atoms with Gasteiger partial charge in [-0.05, 0) is 52.1 Å². The molecule has 3 aromatic rings. The molecule has 0 spiro atoms. The van der Waals surface area contributed by atoms with Crippen LogP contribution in [0.2, 0.25) is 0 Å². The second-order valence-corrected chi connectivity index (χ2v) is 6.22. The summed E-state index contributed by atoms with van der Waals surface area (Å²) in [5.74, 6) is 0. The summed E-state index contributed by atoms with van der Waals surface area (Å²) in [6.45, 7) is 1.07. The fourth-order valence-corrected chi connectivity index (χ4v) is 3.93. The highest BCUT2D eigenvalue weighted by atomic mass is 32.1. The van der Waals surface area contributed by atoms with Crippen LogP contribution >= 0.6 is 11.3 Å². The van der Waals surface area contributed by atoms with E-state index in [1.54, 1.807) is 11.3 Å². The highest BCUT2D eigenvalue weighted by molar-refractivity contribution is 7.08. The van der Waals surface area contributed by atoms with E-state index in [1.165, 1.54) is 22.4 Å². The molecule has 4 rings (SSSR count). The molecule has 21 heavy (non-hydrogen) atoms. The molecule has 1 nitrogen and oxygen atoms in total. The molecular weight excluding hydrogens is 274 g/mol.